The van der Waals surface area contributed by atoms with Crippen LogP contribution in [0.4, 0.5) is 0 Å². The van der Waals surface area contributed by atoms with Gasteiger partial charge in [0.25, 0.3) is 10.1 Å². The van der Waals surface area contributed by atoms with Gasteiger partial charge in [0, 0.05) is 33.1 Å². The number of rotatable bonds is 3. The largest absolute Gasteiger partial charge is 0.355 e. The number of hydrogen-bond acceptors (Lipinski definition) is 3. The van der Waals surface area contributed by atoms with Crippen LogP contribution in [-0.4, -0.2) is 28.2 Å². The Bertz CT molecular complexity index is 1420. The first-order chi connectivity index (χ1) is 13.5. The minimum Gasteiger partial charge on any atom is -0.355 e. The van der Waals surface area contributed by atoms with E-state index >= 15 is 0 Å². The molecule has 5 rings (SSSR count). The maximum absolute atomic E-state index is 12.1. The van der Waals surface area contributed by atoms with Crippen LogP contribution >= 0.6 is 0 Å². The molecule has 2 heterocycles. The quantitative estimate of drug-likeness (QED) is 0.392. The van der Waals surface area contributed by atoms with Gasteiger partial charge in [-0.1, -0.05) is 36.4 Å². The first-order valence-electron chi connectivity index (χ1n) is 8.63. The van der Waals surface area contributed by atoms with E-state index in [1.165, 1.54) is 6.07 Å². The molecule has 0 atom stereocenters. The van der Waals surface area contributed by atoms with Gasteiger partial charge < -0.3 is 4.98 Å². The van der Waals surface area contributed by atoms with Gasteiger partial charge in [-0.05, 0) is 35.9 Å². The fourth-order valence-electron chi connectivity index (χ4n) is 3.58. The van der Waals surface area contributed by atoms with Crippen molar-refractivity contribution in [1.82, 2.24) is 15.2 Å². The first kappa shape index (κ1) is 16.7. The molecular weight excluding hydrogens is 374 g/mol. The van der Waals surface area contributed by atoms with Crippen molar-refractivity contribution in [3.8, 4) is 22.4 Å². The molecule has 0 unspecified atom stereocenters. The average molecular weight is 389 g/mol. The van der Waals surface area contributed by atoms with Gasteiger partial charge >= 0.3 is 0 Å². The highest BCUT2D eigenvalue weighted by molar-refractivity contribution is 7.86. The third-order valence-electron chi connectivity index (χ3n) is 4.85. The molecule has 0 aliphatic rings. The SMILES string of the molecule is O=S(=O)(O)c1cccc(-c2cc3ccccc3[nH]2)c1-c1ccc2[nH]ncc2c1. The van der Waals surface area contributed by atoms with Crippen molar-refractivity contribution in [3.05, 3.63) is 72.9 Å². The molecule has 0 spiro atoms. The maximum Gasteiger partial charge on any atom is 0.295 e. The number of H-pyrrole nitrogens is 2. The van der Waals surface area contributed by atoms with Crippen LogP contribution in [0.3, 0.4) is 0 Å². The Morgan fingerprint density at radius 3 is 2.54 bits per heavy atom. The number of hydrogen-bond donors (Lipinski definition) is 3. The van der Waals surface area contributed by atoms with Crippen molar-refractivity contribution in [2.75, 3.05) is 0 Å². The van der Waals surface area contributed by atoms with Crippen molar-refractivity contribution in [3.63, 3.8) is 0 Å². The lowest BCUT2D eigenvalue weighted by Crippen LogP contribution is -2.02. The summed E-state index contributed by atoms with van der Waals surface area (Å²) in [4.78, 5) is 3.21. The molecule has 138 valence electrons. The summed E-state index contributed by atoms with van der Waals surface area (Å²) in [6.07, 6.45) is 1.68. The van der Waals surface area contributed by atoms with E-state index in [1.807, 2.05) is 54.6 Å². The number of aromatic nitrogens is 3. The summed E-state index contributed by atoms with van der Waals surface area (Å²) < 4.78 is 34.1. The Kier molecular flexibility index (Phi) is 3.61. The van der Waals surface area contributed by atoms with Crippen LogP contribution in [0.15, 0.2) is 77.8 Å². The highest BCUT2D eigenvalue weighted by Gasteiger charge is 2.21. The molecule has 3 N–H and O–H groups in total. The molecule has 6 nitrogen and oxygen atoms in total. The van der Waals surface area contributed by atoms with Gasteiger partial charge in [-0.2, -0.15) is 13.5 Å². The molecule has 28 heavy (non-hydrogen) atoms. The first-order valence-corrected chi connectivity index (χ1v) is 10.1. The fourth-order valence-corrected chi connectivity index (χ4v) is 4.32. The van der Waals surface area contributed by atoms with Crippen molar-refractivity contribution >= 4 is 31.9 Å². The zero-order chi connectivity index (χ0) is 19.3. The van der Waals surface area contributed by atoms with Crippen molar-refractivity contribution < 1.29 is 13.0 Å². The van der Waals surface area contributed by atoms with Gasteiger partial charge in [0.1, 0.15) is 4.90 Å². The Morgan fingerprint density at radius 2 is 1.71 bits per heavy atom. The molecule has 0 amide bonds. The molecule has 3 aromatic carbocycles. The predicted molar refractivity (Wildman–Crippen MR) is 109 cm³/mol. The van der Waals surface area contributed by atoms with E-state index in [4.69, 9.17) is 0 Å². The third-order valence-corrected chi connectivity index (χ3v) is 5.75. The number of nitrogens with one attached hydrogen (secondary N) is 2. The lowest BCUT2D eigenvalue weighted by Gasteiger charge is -2.13. The molecule has 0 bridgehead atoms. The smallest absolute Gasteiger partial charge is 0.295 e. The molecule has 0 aliphatic heterocycles. The Morgan fingerprint density at radius 1 is 0.857 bits per heavy atom. The van der Waals surface area contributed by atoms with E-state index in [9.17, 15) is 13.0 Å². The topological polar surface area (TPSA) is 98.8 Å². The number of nitrogens with zero attached hydrogens (tertiary/aromatic N) is 1. The Hall–Kier alpha value is -3.42. The number of fused-ring (bicyclic) bond motifs is 2. The van der Waals surface area contributed by atoms with Crippen LogP contribution in [-0.2, 0) is 10.1 Å². The van der Waals surface area contributed by atoms with Gasteiger partial charge in [-0.15, -0.1) is 0 Å². The molecule has 5 aromatic rings. The summed E-state index contributed by atoms with van der Waals surface area (Å²) >= 11 is 0. The molecule has 0 saturated heterocycles. The second kappa shape index (κ2) is 6.05. The van der Waals surface area contributed by atoms with Gasteiger partial charge in [0.15, 0.2) is 0 Å². The summed E-state index contributed by atoms with van der Waals surface area (Å²) in [6.45, 7) is 0. The van der Waals surface area contributed by atoms with Crippen molar-refractivity contribution in [2.45, 2.75) is 4.90 Å². The Balaban J connectivity index is 1.84. The van der Waals surface area contributed by atoms with Crippen molar-refractivity contribution in [2.24, 2.45) is 0 Å². The molecule has 0 radical (unpaired) electrons. The van der Waals surface area contributed by atoms with E-state index in [0.29, 0.717) is 16.7 Å². The number of aromatic amines is 2. The minimum absolute atomic E-state index is 0.133. The molecule has 0 fully saturated rings. The minimum atomic E-state index is -4.42. The molecule has 2 aromatic heterocycles. The molecule has 0 aliphatic carbocycles. The lowest BCUT2D eigenvalue weighted by molar-refractivity contribution is 0.483. The highest BCUT2D eigenvalue weighted by atomic mass is 32.2. The monoisotopic (exact) mass is 389 g/mol. The van der Waals surface area contributed by atoms with Crippen LogP contribution < -0.4 is 0 Å². The van der Waals surface area contributed by atoms with Gasteiger partial charge in [0.05, 0.1) is 11.7 Å². The lowest BCUT2D eigenvalue weighted by atomic mass is 9.96. The van der Waals surface area contributed by atoms with Crippen LogP contribution in [0, 0.1) is 0 Å². The van der Waals surface area contributed by atoms with E-state index < -0.39 is 10.1 Å². The standard InChI is InChI=1S/C21H15N3O3S/c25-28(26,27)20-7-3-5-16(19-11-13-4-1-2-6-17(13)23-19)21(20)14-8-9-18-15(10-14)12-22-24-18/h1-12,23H,(H,22,24)(H,25,26,27). The van der Waals surface area contributed by atoms with E-state index in [0.717, 1.165) is 27.5 Å². The normalized spacial score (nSPS) is 12.0. The zero-order valence-electron chi connectivity index (χ0n) is 14.5. The van der Waals surface area contributed by atoms with Crippen LogP contribution in [0.25, 0.3) is 44.2 Å². The van der Waals surface area contributed by atoms with Gasteiger partial charge in [-0.25, -0.2) is 0 Å². The molecule has 0 saturated carbocycles. The molecule has 7 heteroatoms. The average Bonchev–Trinajstić information content (AvgIpc) is 3.32. The van der Waals surface area contributed by atoms with E-state index in [-0.39, 0.29) is 4.90 Å². The second-order valence-corrected chi connectivity index (χ2v) is 7.99. The summed E-state index contributed by atoms with van der Waals surface area (Å²) in [5.41, 5.74) is 4.38. The maximum atomic E-state index is 12.1. The summed E-state index contributed by atoms with van der Waals surface area (Å²) in [7, 11) is -4.42. The van der Waals surface area contributed by atoms with Gasteiger partial charge in [-0.3, -0.25) is 9.65 Å². The third kappa shape index (κ3) is 2.69. The van der Waals surface area contributed by atoms with E-state index in [1.54, 1.807) is 12.3 Å². The van der Waals surface area contributed by atoms with Crippen LogP contribution in [0.2, 0.25) is 0 Å². The molecular formula is C21H15N3O3S. The summed E-state index contributed by atoms with van der Waals surface area (Å²) in [5.74, 6) is 0. The van der Waals surface area contributed by atoms with Crippen LogP contribution in [0.1, 0.15) is 0 Å². The summed E-state index contributed by atoms with van der Waals surface area (Å²) in [6, 6.07) is 20.2. The van der Waals surface area contributed by atoms with Crippen LogP contribution in [0.5, 0.6) is 0 Å². The summed E-state index contributed by atoms with van der Waals surface area (Å²) in [5, 5.41) is 8.77. The number of benzene rings is 3. The fraction of sp³-hybridized carbons (Fsp3) is 0. The highest BCUT2D eigenvalue weighted by Crippen LogP contribution is 2.38. The Labute approximate surface area is 160 Å². The van der Waals surface area contributed by atoms with E-state index in [2.05, 4.69) is 15.2 Å². The predicted octanol–water partition coefficient (Wildman–Crippen LogP) is 4.62. The van der Waals surface area contributed by atoms with Gasteiger partial charge in [0.2, 0.25) is 0 Å². The second-order valence-electron chi connectivity index (χ2n) is 6.60. The van der Waals surface area contributed by atoms with Crippen molar-refractivity contribution in [1.29, 1.82) is 0 Å². The number of para-hydroxylation sites is 1. The zero-order valence-corrected chi connectivity index (χ0v) is 15.4.